The molecule has 0 saturated heterocycles. The summed E-state index contributed by atoms with van der Waals surface area (Å²) in [5, 5.41) is 5.51. The third-order valence-corrected chi connectivity index (χ3v) is 8.77. The second-order valence-electron chi connectivity index (χ2n) is 14.1. The number of benzene rings is 4. The zero-order chi connectivity index (χ0) is 33.1. The Kier molecular flexibility index (Phi) is 15.2. The third kappa shape index (κ3) is 9.92. The molecule has 0 bridgehead atoms. The van der Waals surface area contributed by atoms with Crippen LogP contribution in [0.15, 0.2) is 97.1 Å². The average molecular weight is 757 g/mol. The van der Waals surface area contributed by atoms with Gasteiger partial charge in [0.05, 0.1) is 0 Å². The summed E-state index contributed by atoms with van der Waals surface area (Å²) in [5.41, 5.74) is 14.2. The smallest absolute Gasteiger partial charge is 0.0276 e. The molecule has 6 aromatic rings. The van der Waals surface area contributed by atoms with Gasteiger partial charge in [0.1, 0.15) is 0 Å². The van der Waals surface area contributed by atoms with Gasteiger partial charge in [-0.2, -0.15) is 12.1 Å². The van der Waals surface area contributed by atoms with Gasteiger partial charge in [-0.05, 0) is 41.9 Å². The van der Waals surface area contributed by atoms with Crippen LogP contribution >= 0.6 is 0 Å². The Labute approximate surface area is 312 Å². The van der Waals surface area contributed by atoms with E-state index >= 15 is 0 Å². The molecule has 6 rings (SSSR count). The molecule has 0 heterocycles. The summed E-state index contributed by atoms with van der Waals surface area (Å²) in [6.45, 7) is 24.8. The molecule has 0 atom stereocenters. The van der Waals surface area contributed by atoms with Crippen molar-refractivity contribution in [2.75, 3.05) is 0 Å². The molecule has 0 amide bonds. The van der Waals surface area contributed by atoms with Crippen LogP contribution in [0.5, 0.6) is 0 Å². The first kappa shape index (κ1) is 41.0. The van der Waals surface area contributed by atoms with E-state index in [2.05, 4.69) is 172 Å². The minimum atomic E-state index is 0. The van der Waals surface area contributed by atoms with Crippen LogP contribution in [0.1, 0.15) is 73.9 Å². The number of halogens is 2. The van der Waals surface area contributed by atoms with Gasteiger partial charge in [0.25, 0.3) is 0 Å². The topological polar surface area (TPSA) is 0 Å². The maximum absolute atomic E-state index is 2.35. The quantitative estimate of drug-likeness (QED) is 0.136. The molecule has 4 heteroatoms. The van der Waals surface area contributed by atoms with Crippen molar-refractivity contribution in [1.29, 1.82) is 0 Å². The van der Waals surface area contributed by atoms with E-state index in [1.807, 2.05) is 0 Å². The van der Waals surface area contributed by atoms with Gasteiger partial charge in [-0.3, -0.25) is 0 Å². The SMILES string of the molecule is CC(C)c1cc2c(-c3ccc(C(C)(C)C)cc3)cccc2[cH-]1.C[Si](C)=[Zr+2].Cc1cc2c(-c3ccccc3)c(C)c(C)c(C)c2[cH-]1.[Cl-].[Cl-]. The van der Waals surface area contributed by atoms with Gasteiger partial charge < -0.3 is 24.8 Å². The largest absolute Gasteiger partial charge is 1.00 e. The van der Waals surface area contributed by atoms with Crippen molar-refractivity contribution >= 4 is 27.0 Å². The zero-order valence-corrected chi connectivity index (χ0v) is 35.0. The first-order chi connectivity index (χ1) is 21.2. The Morgan fingerprint density at radius 2 is 1.26 bits per heavy atom. The normalized spacial score (nSPS) is 10.9. The molecule has 0 nitrogen and oxygen atoms in total. The number of rotatable bonds is 3. The minimum absolute atomic E-state index is 0. The molecule has 6 aromatic carbocycles. The van der Waals surface area contributed by atoms with Crippen LogP contribution in [0.25, 0.3) is 43.8 Å². The number of aryl methyl sites for hydroxylation is 2. The Balaban J connectivity index is 0.000000285. The van der Waals surface area contributed by atoms with E-state index in [4.69, 9.17) is 0 Å². The van der Waals surface area contributed by atoms with Crippen molar-refractivity contribution in [2.45, 2.75) is 86.7 Å². The first-order valence-corrected chi connectivity index (χ1v) is 22.4. The predicted octanol–water partition coefficient (Wildman–Crippen LogP) is 6.90. The molecule has 0 radical (unpaired) electrons. The van der Waals surface area contributed by atoms with Gasteiger partial charge in [0.15, 0.2) is 0 Å². The standard InChI is InChI=1S/C22H25.C19H19.C2H6Si.2ClH.Zr/c1-15(2)18-13-17-7-6-8-20(21(17)14-18)16-9-11-19(12-10-16)22(3,4)5;1-12-10-17-14(3)13(2)15(4)19(18(17)11-12)16-8-6-5-7-9-16;1-3-2;;;/h6-15H,1-5H3;5-11H,1-4H3;1-2H3;2*1H;/q2*-1;;;;+2/p-2. The van der Waals surface area contributed by atoms with E-state index in [0.717, 1.165) is 0 Å². The van der Waals surface area contributed by atoms with Gasteiger partial charge in [0.2, 0.25) is 0 Å². The van der Waals surface area contributed by atoms with E-state index in [1.54, 1.807) is 23.3 Å². The summed E-state index contributed by atoms with van der Waals surface area (Å²) in [4.78, 5) is 0. The summed E-state index contributed by atoms with van der Waals surface area (Å²) < 4.78 is 0. The number of fused-ring (bicyclic) bond motifs is 2. The van der Waals surface area contributed by atoms with Crippen molar-refractivity contribution in [3.63, 3.8) is 0 Å². The fourth-order valence-corrected chi connectivity index (χ4v) is 6.01. The maximum atomic E-state index is 2.35. The molecule has 0 fully saturated rings. The van der Waals surface area contributed by atoms with Gasteiger partial charge >= 0.3 is 41.9 Å². The molecule has 0 aliphatic rings. The van der Waals surface area contributed by atoms with Gasteiger partial charge in [-0.25, -0.2) is 0 Å². The molecular formula is C43H50Cl2SiZr-2. The van der Waals surface area contributed by atoms with Crippen LogP contribution in [0, 0.1) is 27.7 Å². The predicted molar refractivity (Wildman–Crippen MR) is 199 cm³/mol. The molecule has 0 saturated carbocycles. The van der Waals surface area contributed by atoms with E-state index in [0.29, 0.717) is 5.92 Å². The second kappa shape index (κ2) is 17.4. The average Bonchev–Trinajstić information content (AvgIpc) is 3.60. The van der Waals surface area contributed by atoms with E-state index in [1.165, 1.54) is 77.2 Å². The molecule has 47 heavy (non-hydrogen) atoms. The first-order valence-electron chi connectivity index (χ1n) is 16.2. The Bertz CT molecular complexity index is 1910. The van der Waals surface area contributed by atoms with Crippen LogP contribution in [-0.2, 0) is 28.8 Å². The fourth-order valence-electron chi connectivity index (χ4n) is 6.01. The van der Waals surface area contributed by atoms with Crippen LogP contribution < -0.4 is 24.8 Å². The van der Waals surface area contributed by atoms with Crippen LogP contribution in [0.3, 0.4) is 0 Å². The van der Waals surface area contributed by atoms with Crippen molar-refractivity contribution in [1.82, 2.24) is 0 Å². The van der Waals surface area contributed by atoms with Crippen LogP contribution in [0.2, 0.25) is 13.1 Å². The van der Waals surface area contributed by atoms with Crippen molar-refractivity contribution in [3.8, 4) is 22.3 Å². The Morgan fingerprint density at radius 3 is 1.81 bits per heavy atom. The van der Waals surface area contributed by atoms with Crippen molar-refractivity contribution in [3.05, 3.63) is 130 Å². The van der Waals surface area contributed by atoms with Crippen molar-refractivity contribution < 1.29 is 48.1 Å². The summed E-state index contributed by atoms with van der Waals surface area (Å²) in [7, 11) is 0. The van der Waals surface area contributed by atoms with E-state index in [-0.39, 0.29) is 35.7 Å². The van der Waals surface area contributed by atoms with Crippen LogP contribution in [0.4, 0.5) is 0 Å². The van der Waals surface area contributed by atoms with Gasteiger partial charge in [0, 0.05) is 0 Å². The molecular weight excluding hydrogens is 707 g/mol. The van der Waals surface area contributed by atoms with Gasteiger partial charge in [-0.1, -0.05) is 131 Å². The molecule has 0 N–H and O–H groups in total. The molecule has 0 spiro atoms. The Hall–Kier alpha value is -2.22. The second-order valence-corrected chi connectivity index (χ2v) is 23.4. The minimum Gasteiger partial charge on any atom is -1.00 e. The maximum Gasteiger partial charge on any atom is -0.0276 e. The van der Waals surface area contributed by atoms with E-state index < -0.39 is 0 Å². The zero-order valence-electron chi connectivity index (χ0n) is 30.1. The van der Waals surface area contributed by atoms with E-state index in [9.17, 15) is 0 Å². The molecule has 0 aromatic heterocycles. The van der Waals surface area contributed by atoms with Gasteiger partial charge in [-0.15, -0.1) is 62.5 Å². The molecule has 0 aliphatic heterocycles. The molecule has 246 valence electrons. The Morgan fingerprint density at radius 1 is 0.660 bits per heavy atom. The third-order valence-electron chi connectivity index (χ3n) is 8.77. The number of hydrogen-bond acceptors (Lipinski definition) is 0. The summed E-state index contributed by atoms with van der Waals surface area (Å²) >= 11 is 1.74. The monoisotopic (exact) mass is 754 g/mol. The summed E-state index contributed by atoms with van der Waals surface area (Å²) in [5.74, 6) is 0.573. The molecule has 0 unspecified atom stereocenters. The fraction of sp³-hybridized carbons (Fsp3) is 0.302. The van der Waals surface area contributed by atoms with Crippen molar-refractivity contribution in [2.24, 2.45) is 0 Å². The number of hydrogen-bond donors (Lipinski definition) is 0. The summed E-state index contributed by atoms with van der Waals surface area (Å²) in [6.07, 6.45) is 0. The van der Waals surface area contributed by atoms with Crippen LogP contribution in [-0.4, -0.2) is 5.43 Å². The summed E-state index contributed by atoms with van der Waals surface area (Å²) in [6, 6.07) is 35.7. The molecule has 0 aliphatic carbocycles.